The molecular weight excluding hydrogens is 491 g/mol. The molecule has 3 saturated heterocycles. The Morgan fingerprint density at radius 1 is 1.03 bits per heavy atom. The van der Waals surface area contributed by atoms with Gasteiger partial charge in [-0.25, -0.2) is 0 Å². The number of halogens is 2. The summed E-state index contributed by atoms with van der Waals surface area (Å²) in [6.45, 7) is 0.591. The molecular formula is C26H26Cl2N2O5. The minimum absolute atomic E-state index is 0.268. The van der Waals surface area contributed by atoms with Crippen LogP contribution in [0.2, 0.25) is 10.0 Å². The van der Waals surface area contributed by atoms with Crippen molar-refractivity contribution in [1.82, 2.24) is 9.80 Å². The van der Waals surface area contributed by atoms with Crippen LogP contribution in [-0.2, 0) is 19.1 Å². The molecule has 7 nitrogen and oxygen atoms in total. The molecule has 3 fully saturated rings. The largest absolute Gasteiger partial charge is 0.496 e. The lowest BCUT2D eigenvalue weighted by molar-refractivity contribution is -0.163. The highest BCUT2D eigenvalue weighted by atomic mass is 35.5. The highest BCUT2D eigenvalue weighted by Crippen LogP contribution is 2.58. The van der Waals surface area contributed by atoms with E-state index in [0.717, 1.165) is 29.5 Å². The van der Waals surface area contributed by atoms with Crippen molar-refractivity contribution in [3.8, 4) is 16.9 Å². The molecule has 2 aromatic carbocycles. The van der Waals surface area contributed by atoms with E-state index in [1.54, 1.807) is 19.2 Å². The van der Waals surface area contributed by atoms with Crippen LogP contribution in [0.3, 0.4) is 0 Å². The van der Waals surface area contributed by atoms with Crippen molar-refractivity contribution in [3.05, 3.63) is 52.0 Å². The first kappa shape index (κ1) is 24.1. The number of ether oxygens (including phenoxy) is 2. The Balaban J connectivity index is 1.65. The highest BCUT2D eigenvalue weighted by Gasteiger charge is 2.72. The van der Waals surface area contributed by atoms with Crippen LogP contribution in [0.25, 0.3) is 11.1 Å². The van der Waals surface area contributed by atoms with E-state index in [1.165, 1.54) is 19.1 Å². The second kappa shape index (κ2) is 8.80. The Morgan fingerprint density at radius 2 is 1.80 bits per heavy atom. The fraction of sp³-hybridized carbons (Fsp3) is 0.423. The van der Waals surface area contributed by atoms with Crippen molar-refractivity contribution >= 4 is 41.0 Å². The summed E-state index contributed by atoms with van der Waals surface area (Å²) in [5, 5.41) is 0.893. The summed E-state index contributed by atoms with van der Waals surface area (Å²) in [6, 6.07) is 10.6. The van der Waals surface area contributed by atoms with E-state index in [4.69, 9.17) is 32.7 Å². The summed E-state index contributed by atoms with van der Waals surface area (Å²) in [5.41, 5.74) is 1.30. The average Bonchev–Trinajstić information content (AvgIpc) is 3.31. The number of carbonyl (C=O) groups excluding carboxylic acids is 3. The van der Waals surface area contributed by atoms with Gasteiger partial charge in [0.15, 0.2) is 0 Å². The molecule has 3 unspecified atom stereocenters. The molecule has 2 amide bonds. The molecule has 9 heteroatoms. The number of piperidine rings is 1. The second-order valence-electron chi connectivity index (χ2n) is 9.34. The predicted octanol–water partition coefficient (Wildman–Crippen LogP) is 4.35. The number of amides is 2. The summed E-state index contributed by atoms with van der Waals surface area (Å²) in [7, 11) is 4.41. The zero-order valence-electron chi connectivity index (χ0n) is 19.7. The summed E-state index contributed by atoms with van der Waals surface area (Å²) in [6.07, 6.45) is 2.13. The number of benzene rings is 2. The van der Waals surface area contributed by atoms with Crippen molar-refractivity contribution in [1.29, 1.82) is 0 Å². The van der Waals surface area contributed by atoms with Crippen LogP contribution in [-0.4, -0.2) is 60.9 Å². The fourth-order valence-corrected chi connectivity index (χ4v) is 6.59. The van der Waals surface area contributed by atoms with Gasteiger partial charge in [-0.15, -0.1) is 0 Å². The lowest BCUT2D eigenvalue weighted by Crippen LogP contribution is -2.59. The number of likely N-dealkylation sites (tertiary alicyclic amines) is 1. The van der Waals surface area contributed by atoms with E-state index < -0.39 is 29.4 Å². The lowest BCUT2D eigenvalue weighted by Gasteiger charge is -2.44. The summed E-state index contributed by atoms with van der Waals surface area (Å²) >= 11 is 12.3. The van der Waals surface area contributed by atoms with Gasteiger partial charge in [-0.1, -0.05) is 41.4 Å². The molecule has 2 aromatic rings. The van der Waals surface area contributed by atoms with Gasteiger partial charge in [0.2, 0.25) is 11.8 Å². The molecule has 35 heavy (non-hydrogen) atoms. The van der Waals surface area contributed by atoms with Gasteiger partial charge >= 0.3 is 5.97 Å². The third-order valence-corrected chi connectivity index (χ3v) is 8.56. The zero-order valence-corrected chi connectivity index (χ0v) is 21.2. The Kier molecular flexibility index (Phi) is 6.06. The van der Waals surface area contributed by atoms with Crippen LogP contribution in [0.4, 0.5) is 0 Å². The topological polar surface area (TPSA) is 76.2 Å². The normalized spacial score (nSPS) is 28.1. The Bertz CT molecular complexity index is 1230. The van der Waals surface area contributed by atoms with Crippen LogP contribution < -0.4 is 4.74 Å². The third kappa shape index (κ3) is 3.39. The first-order valence-electron chi connectivity index (χ1n) is 11.6. The number of fused-ring (bicyclic) bond motifs is 3. The maximum atomic E-state index is 13.4. The first-order chi connectivity index (χ1) is 16.8. The van der Waals surface area contributed by atoms with Crippen LogP contribution >= 0.6 is 23.2 Å². The number of esters is 1. The van der Waals surface area contributed by atoms with Crippen LogP contribution in [0.15, 0.2) is 36.4 Å². The van der Waals surface area contributed by atoms with Crippen molar-refractivity contribution in [2.45, 2.75) is 30.8 Å². The standard InChI is InChI=1S/C26H26Cl2N2O5/c1-29-23(31)20-21(24(29)32)26(25(33)35-3)10-4-5-11-30(26)22(20)15-6-8-16(19(13-15)34-2)14-7-9-17(27)18(28)12-14/h6-9,12-13,20-22H,4-5,10-11H2,1-3H3/t20?,21?,22?,26-/m0/s1. The maximum Gasteiger partial charge on any atom is 0.327 e. The van der Waals surface area contributed by atoms with E-state index in [-0.39, 0.29) is 11.8 Å². The van der Waals surface area contributed by atoms with Crippen LogP contribution in [0.5, 0.6) is 5.75 Å². The van der Waals surface area contributed by atoms with Crippen molar-refractivity contribution in [2.75, 3.05) is 27.8 Å². The van der Waals surface area contributed by atoms with Gasteiger partial charge in [-0.05, 0) is 55.1 Å². The Morgan fingerprint density at radius 3 is 2.49 bits per heavy atom. The van der Waals surface area contributed by atoms with E-state index in [0.29, 0.717) is 28.8 Å². The first-order valence-corrected chi connectivity index (χ1v) is 12.3. The SMILES string of the molecule is COC(=O)[C@@]12CCCCN1C(c1ccc(-c3ccc(Cl)c(Cl)c3)c(OC)c1)C1C(=O)N(C)C(=O)C12. The molecule has 5 rings (SSSR count). The predicted molar refractivity (Wildman–Crippen MR) is 131 cm³/mol. The molecule has 0 aliphatic carbocycles. The molecule has 0 aromatic heterocycles. The van der Waals surface area contributed by atoms with Gasteiger partial charge in [-0.2, -0.15) is 0 Å². The Hall–Kier alpha value is -2.61. The number of nitrogens with zero attached hydrogens (tertiary/aromatic N) is 2. The number of rotatable bonds is 4. The van der Waals surface area contributed by atoms with Crippen molar-refractivity contribution in [3.63, 3.8) is 0 Å². The summed E-state index contributed by atoms with van der Waals surface area (Å²) < 4.78 is 11.0. The van der Waals surface area contributed by atoms with Crippen LogP contribution in [0, 0.1) is 11.8 Å². The number of imide groups is 1. The van der Waals surface area contributed by atoms with E-state index in [9.17, 15) is 14.4 Å². The van der Waals surface area contributed by atoms with Gasteiger partial charge in [0, 0.05) is 18.7 Å². The van der Waals surface area contributed by atoms with Crippen molar-refractivity contribution in [2.24, 2.45) is 11.8 Å². The molecule has 0 spiro atoms. The molecule has 0 bridgehead atoms. The van der Waals surface area contributed by atoms with Crippen LogP contribution in [0.1, 0.15) is 30.9 Å². The summed E-state index contributed by atoms with van der Waals surface area (Å²) in [5.74, 6) is -1.90. The van der Waals surface area contributed by atoms with Gasteiger partial charge < -0.3 is 9.47 Å². The monoisotopic (exact) mass is 516 g/mol. The maximum absolute atomic E-state index is 13.4. The van der Waals surface area contributed by atoms with Gasteiger partial charge in [0.1, 0.15) is 11.3 Å². The zero-order chi connectivity index (χ0) is 25.1. The molecule has 0 N–H and O–H groups in total. The molecule has 0 saturated carbocycles. The quantitative estimate of drug-likeness (QED) is 0.444. The van der Waals surface area contributed by atoms with Crippen molar-refractivity contribution < 1.29 is 23.9 Å². The smallest absolute Gasteiger partial charge is 0.327 e. The summed E-state index contributed by atoms with van der Waals surface area (Å²) in [4.78, 5) is 43.1. The van der Waals surface area contributed by atoms with E-state index >= 15 is 0 Å². The molecule has 0 radical (unpaired) electrons. The van der Waals surface area contributed by atoms with Gasteiger partial charge in [-0.3, -0.25) is 24.2 Å². The highest BCUT2D eigenvalue weighted by molar-refractivity contribution is 6.42. The number of methoxy groups -OCH3 is 2. The van der Waals surface area contributed by atoms with Gasteiger partial charge in [0.05, 0.1) is 36.1 Å². The minimum atomic E-state index is -1.16. The molecule has 184 valence electrons. The average molecular weight is 517 g/mol. The molecule has 3 aliphatic rings. The number of carbonyl (C=O) groups is 3. The number of hydrogen-bond acceptors (Lipinski definition) is 6. The minimum Gasteiger partial charge on any atom is -0.496 e. The lowest BCUT2D eigenvalue weighted by atomic mass is 9.75. The third-order valence-electron chi connectivity index (χ3n) is 7.82. The Labute approximate surface area is 213 Å². The number of hydrogen-bond donors (Lipinski definition) is 0. The van der Waals surface area contributed by atoms with E-state index in [2.05, 4.69) is 0 Å². The van der Waals surface area contributed by atoms with E-state index in [1.807, 2.05) is 29.2 Å². The van der Waals surface area contributed by atoms with Gasteiger partial charge in [0.25, 0.3) is 0 Å². The fourth-order valence-electron chi connectivity index (χ4n) is 6.29. The second-order valence-corrected chi connectivity index (χ2v) is 10.2. The molecule has 4 atom stereocenters. The molecule has 3 heterocycles. The molecule has 3 aliphatic heterocycles.